The molecular formula is C20H23N3O4. The minimum atomic E-state index is -1.14. The monoisotopic (exact) mass is 369 g/mol. The molecule has 4 rings (SSSR count). The van der Waals surface area contributed by atoms with Crippen LogP contribution in [0.1, 0.15) is 5.56 Å². The molecule has 7 nitrogen and oxygen atoms in total. The molecule has 0 aliphatic carbocycles. The summed E-state index contributed by atoms with van der Waals surface area (Å²) in [5.41, 5.74) is 0.952. The number of carbonyl (C=O) groups excluding carboxylic acids is 2. The van der Waals surface area contributed by atoms with E-state index in [1.54, 1.807) is 15.9 Å². The highest BCUT2D eigenvalue weighted by Gasteiger charge is 2.61. The lowest BCUT2D eigenvalue weighted by atomic mass is 9.81. The Hall–Kier alpha value is -2.67. The highest BCUT2D eigenvalue weighted by Crippen LogP contribution is 2.43. The van der Waals surface area contributed by atoms with Crippen LogP contribution in [0.4, 0.5) is 5.69 Å². The van der Waals surface area contributed by atoms with Crippen molar-refractivity contribution in [1.29, 1.82) is 0 Å². The first-order chi connectivity index (χ1) is 13.0. The van der Waals surface area contributed by atoms with Crippen molar-refractivity contribution in [2.75, 3.05) is 44.2 Å². The van der Waals surface area contributed by atoms with Crippen LogP contribution in [0.5, 0.6) is 0 Å². The van der Waals surface area contributed by atoms with Gasteiger partial charge in [0.1, 0.15) is 5.41 Å². The molecule has 3 heterocycles. The third kappa shape index (κ3) is 2.73. The molecule has 1 aromatic carbocycles. The van der Waals surface area contributed by atoms with Crippen molar-refractivity contribution in [2.24, 2.45) is 11.3 Å². The lowest BCUT2D eigenvalue weighted by molar-refractivity contribution is -0.149. The Morgan fingerprint density at radius 3 is 2.78 bits per heavy atom. The van der Waals surface area contributed by atoms with Crippen LogP contribution in [-0.4, -0.2) is 72.0 Å². The number of para-hydroxylation sites is 1. The van der Waals surface area contributed by atoms with Gasteiger partial charge in [0, 0.05) is 38.4 Å². The molecule has 2 fully saturated rings. The topological polar surface area (TPSA) is 81.2 Å². The SMILES string of the molecule is C=CCN1C[C@@]2(C(=O)O)CN(CC(=O)N3CCc4ccccc43)C[C@H]2C1=O. The number of rotatable bonds is 5. The lowest BCUT2D eigenvalue weighted by Gasteiger charge is -2.26. The number of carboxylic acids is 1. The zero-order valence-corrected chi connectivity index (χ0v) is 15.1. The Balaban J connectivity index is 1.48. The van der Waals surface area contributed by atoms with Crippen LogP contribution in [0.2, 0.25) is 0 Å². The van der Waals surface area contributed by atoms with Crippen molar-refractivity contribution in [3.8, 4) is 0 Å². The van der Waals surface area contributed by atoms with Crippen molar-refractivity contribution < 1.29 is 19.5 Å². The third-order valence-electron chi connectivity index (χ3n) is 6.02. The van der Waals surface area contributed by atoms with Gasteiger partial charge >= 0.3 is 5.97 Å². The maximum absolute atomic E-state index is 12.8. The van der Waals surface area contributed by atoms with Gasteiger partial charge in [-0.1, -0.05) is 24.3 Å². The first-order valence-corrected chi connectivity index (χ1v) is 9.20. The van der Waals surface area contributed by atoms with Crippen LogP contribution in [0, 0.1) is 11.3 Å². The maximum atomic E-state index is 12.8. The molecule has 0 spiro atoms. The number of carbonyl (C=O) groups is 3. The summed E-state index contributed by atoms with van der Waals surface area (Å²) >= 11 is 0. The number of carboxylic acid groups (broad SMARTS) is 1. The van der Waals surface area contributed by atoms with E-state index in [-0.39, 0.29) is 31.4 Å². The van der Waals surface area contributed by atoms with E-state index >= 15 is 0 Å². The van der Waals surface area contributed by atoms with Gasteiger partial charge in [-0.15, -0.1) is 6.58 Å². The molecule has 0 aromatic heterocycles. The molecule has 3 aliphatic heterocycles. The minimum absolute atomic E-state index is 0.0455. The second-order valence-corrected chi connectivity index (χ2v) is 7.62. The van der Waals surface area contributed by atoms with Crippen molar-refractivity contribution in [2.45, 2.75) is 6.42 Å². The van der Waals surface area contributed by atoms with E-state index in [1.165, 1.54) is 0 Å². The van der Waals surface area contributed by atoms with Crippen molar-refractivity contribution in [3.63, 3.8) is 0 Å². The number of anilines is 1. The molecule has 3 aliphatic rings. The van der Waals surface area contributed by atoms with E-state index in [4.69, 9.17) is 0 Å². The van der Waals surface area contributed by atoms with Crippen LogP contribution >= 0.6 is 0 Å². The van der Waals surface area contributed by atoms with Crippen LogP contribution in [-0.2, 0) is 20.8 Å². The lowest BCUT2D eigenvalue weighted by Crippen LogP contribution is -2.43. The number of likely N-dealkylation sites (tertiary alicyclic amines) is 2. The molecule has 27 heavy (non-hydrogen) atoms. The molecule has 0 radical (unpaired) electrons. The number of hydrogen-bond acceptors (Lipinski definition) is 4. The summed E-state index contributed by atoms with van der Waals surface area (Å²) in [5.74, 6) is -1.77. The second-order valence-electron chi connectivity index (χ2n) is 7.62. The van der Waals surface area contributed by atoms with Gasteiger partial charge in [0.25, 0.3) is 0 Å². The number of fused-ring (bicyclic) bond motifs is 2. The van der Waals surface area contributed by atoms with Gasteiger partial charge in [-0.25, -0.2) is 0 Å². The molecule has 1 aromatic rings. The average molecular weight is 369 g/mol. The summed E-state index contributed by atoms with van der Waals surface area (Å²) in [5, 5.41) is 9.84. The normalized spacial score (nSPS) is 27.0. The summed E-state index contributed by atoms with van der Waals surface area (Å²) in [7, 11) is 0. The second kappa shape index (κ2) is 6.49. The number of amides is 2. The number of benzene rings is 1. The van der Waals surface area contributed by atoms with Crippen LogP contribution < -0.4 is 4.90 Å². The summed E-state index contributed by atoms with van der Waals surface area (Å²) in [6.45, 7) is 5.47. The molecular weight excluding hydrogens is 346 g/mol. The summed E-state index contributed by atoms with van der Waals surface area (Å²) < 4.78 is 0. The van der Waals surface area contributed by atoms with E-state index in [1.807, 2.05) is 29.2 Å². The molecule has 0 bridgehead atoms. The standard InChI is InChI=1S/C20H23N3O4/c1-2-8-22-13-20(19(26)27)12-21(10-15(20)18(22)25)11-17(24)23-9-7-14-5-3-4-6-16(14)23/h2-6,15H,1,7-13H2,(H,26,27)/t15-,20-/m0/s1. The van der Waals surface area contributed by atoms with Gasteiger partial charge in [-0.3, -0.25) is 19.3 Å². The maximum Gasteiger partial charge on any atom is 0.313 e. The van der Waals surface area contributed by atoms with Gasteiger partial charge in [0.05, 0.1) is 12.5 Å². The van der Waals surface area contributed by atoms with Crippen molar-refractivity contribution in [3.05, 3.63) is 42.5 Å². The molecule has 7 heteroatoms. The van der Waals surface area contributed by atoms with E-state index < -0.39 is 17.3 Å². The minimum Gasteiger partial charge on any atom is -0.481 e. The molecule has 2 atom stereocenters. The quantitative estimate of drug-likeness (QED) is 0.769. The fourth-order valence-electron chi connectivity index (χ4n) is 4.71. The van der Waals surface area contributed by atoms with Gasteiger partial charge in [0.15, 0.2) is 0 Å². The largest absolute Gasteiger partial charge is 0.481 e. The van der Waals surface area contributed by atoms with E-state index in [0.29, 0.717) is 19.6 Å². The first kappa shape index (κ1) is 17.7. The Bertz CT molecular complexity index is 823. The Morgan fingerprint density at radius 1 is 1.30 bits per heavy atom. The fraction of sp³-hybridized carbons (Fsp3) is 0.450. The van der Waals surface area contributed by atoms with Crippen LogP contribution in [0.15, 0.2) is 36.9 Å². The molecule has 2 amide bonds. The van der Waals surface area contributed by atoms with Gasteiger partial charge in [-0.05, 0) is 18.1 Å². The first-order valence-electron chi connectivity index (χ1n) is 9.20. The molecule has 142 valence electrons. The van der Waals surface area contributed by atoms with E-state index in [2.05, 4.69) is 6.58 Å². The number of hydrogen-bond donors (Lipinski definition) is 1. The van der Waals surface area contributed by atoms with E-state index in [0.717, 1.165) is 17.7 Å². The summed E-state index contributed by atoms with van der Waals surface area (Å²) in [6.07, 6.45) is 2.44. The highest BCUT2D eigenvalue weighted by molar-refractivity contribution is 5.97. The molecule has 1 N–H and O–H groups in total. The van der Waals surface area contributed by atoms with Crippen LogP contribution in [0.3, 0.4) is 0 Å². The number of aliphatic carboxylic acids is 1. The zero-order valence-electron chi connectivity index (χ0n) is 15.1. The van der Waals surface area contributed by atoms with Gasteiger partial charge < -0.3 is 14.9 Å². The van der Waals surface area contributed by atoms with Gasteiger partial charge in [0.2, 0.25) is 11.8 Å². The fourth-order valence-corrected chi connectivity index (χ4v) is 4.71. The predicted octanol–water partition coefficient (Wildman–Crippen LogP) is 0.607. The van der Waals surface area contributed by atoms with Gasteiger partial charge in [-0.2, -0.15) is 0 Å². The predicted molar refractivity (Wildman–Crippen MR) is 99.3 cm³/mol. The molecule has 2 saturated heterocycles. The van der Waals surface area contributed by atoms with E-state index in [9.17, 15) is 19.5 Å². The third-order valence-corrected chi connectivity index (χ3v) is 6.02. The Kier molecular flexibility index (Phi) is 4.26. The summed E-state index contributed by atoms with van der Waals surface area (Å²) in [4.78, 5) is 42.6. The average Bonchev–Trinajstić information content (AvgIpc) is 3.29. The Morgan fingerprint density at radius 2 is 2.07 bits per heavy atom. The summed E-state index contributed by atoms with van der Waals surface area (Å²) in [6, 6.07) is 7.84. The number of nitrogens with zero attached hydrogens (tertiary/aromatic N) is 3. The smallest absolute Gasteiger partial charge is 0.313 e. The Labute approximate surface area is 157 Å². The van der Waals surface area contributed by atoms with Crippen molar-refractivity contribution >= 4 is 23.5 Å². The molecule has 0 unspecified atom stereocenters. The zero-order chi connectivity index (χ0) is 19.2. The van der Waals surface area contributed by atoms with Crippen molar-refractivity contribution in [1.82, 2.24) is 9.80 Å². The molecule has 0 saturated carbocycles. The highest BCUT2D eigenvalue weighted by atomic mass is 16.4. The van der Waals surface area contributed by atoms with Crippen LogP contribution in [0.25, 0.3) is 0 Å².